The minimum absolute atomic E-state index is 0.443. The number of nitrogens with one attached hydrogen (secondary N) is 1. The summed E-state index contributed by atoms with van der Waals surface area (Å²) >= 11 is 0. The van der Waals surface area contributed by atoms with E-state index in [1.54, 1.807) is 0 Å². The Kier molecular flexibility index (Phi) is 3.81. The first-order chi connectivity index (χ1) is 10.9. The highest BCUT2D eigenvalue weighted by Crippen LogP contribution is 2.32. The van der Waals surface area contributed by atoms with Gasteiger partial charge in [-0.25, -0.2) is 0 Å². The van der Waals surface area contributed by atoms with E-state index in [-0.39, 0.29) is 0 Å². The summed E-state index contributed by atoms with van der Waals surface area (Å²) in [6.45, 7) is 0. The average Bonchev–Trinajstić information content (AvgIpc) is 2.83. The van der Waals surface area contributed by atoms with Crippen LogP contribution >= 0.6 is 0 Å². The third kappa shape index (κ3) is 2.92. The third-order valence-electron chi connectivity index (χ3n) is 3.92. The number of amides is 1. The number of carbonyl (C=O) groups excluding carboxylic acids is 1. The fraction of sp³-hybridized carbons (Fsp3) is 0.250. The quantitative estimate of drug-likeness (QED) is 0.893. The van der Waals surface area contributed by atoms with E-state index in [0.717, 1.165) is 23.4 Å². The molecule has 0 radical (unpaired) electrons. The van der Waals surface area contributed by atoms with Gasteiger partial charge in [0, 0.05) is 6.20 Å². The zero-order valence-electron chi connectivity index (χ0n) is 12.0. The second kappa shape index (κ2) is 5.66. The second-order valence-corrected chi connectivity index (χ2v) is 5.41. The Morgan fingerprint density at radius 3 is 2.65 bits per heavy atom. The van der Waals surface area contributed by atoms with E-state index in [4.69, 9.17) is 5.73 Å². The van der Waals surface area contributed by atoms with E-state index >= 15 is 0 Å². The molecule has 1 aliphatic rings. The van der Waals surface area contributed by atoms with Crippen LogP contribution in [0.4, 0.5) is 13.2 Å². The minimum atomic E-state index is -4.69. The van der Waals surface area contributed by atoms with Gasteiger partial charge in [0.2, 0.25) is 0 Å². The van der Waals surface area contributed by atoms with Crippen LogP contribution in [0.1, 0.15) is 33.2 Å². The summed E-state index contributed by atoms with van der Waals surface area (Å²) in [4.78, 5) is 15.5. The Hall–Kier alpha value is -2.41. The maximum atomic E-state index is 12.9. The van der Waals surface area contributed by atoms with Crippen molar-refractivity contribution in [3.8, 4) is 0 Å². The smallest absolute Gasteiger partial charge is 0.347 e. The molecule has 3 rings (SSSR count). The first kappa shape index (κ1) is 15.5. The molecular weight excluding hydrogens is 307 g/mol. The Morgan fingerprint density at radius 1 is 1.22 bits per heavy atom. The van der Waals surface area contributed by atoms with Crippen molar-refractivity contribution in [3.05, 3.63) is 65.0 Å². The number of hydrogen-bond acceptors (Lipinski definition) is 3. The molecule has 0 spiro atoms. The lowest BCUT2D eigenvalue weighted by Crippen LogP contribution is -2.41. The number of hydrogen-bond donors (Lipinski definition) is 2. The maximum absolute atomic E-state index is 12.9. The summed E-state index contributed by atoms with van der Waals surface area (Å²) in [6.07, 6.45) is -3.18. The van der Waals surface area contributed by atoms with Crippen molar-refractivity contribution >= 4 is 5.91 Å². The first-order valence-corrected chi connectivity index (χ1v) is 7.04. The summed E-state index contributed by atoms with van der Waals surface area (Å²) < 4.78 is 38.8. The molecule has 0 bridgehead atoms. The predicted octanol–water partition coefficient (Wildman–Crippen LogP) is 2.45. The van der Waals surface area contributed by atoms with Crippen molar-refractivity contribution in [3.63, 3.8) is 0 Å². The van der Waals surface area contributed by atoms with Gasteiger partial charge < -0.3 is 11.1 Å². The van der Waals surface area contributed by atoms with Gasteiger partial charge in [0.25, 0.3) is 5.91 Å². The average molecular weight is 321 g/mol. The fourth-order valence-corrected chi connectivity index (χ4v) is 2.83. The van der Waals surface area contributed by atoms with Crippen LogP contribution in [0.15, 0.2) is 42.6 Å². The van der Waals surface area contributed by atoms with Crippen molar-refractivity contribution < 1.29 is 18.0 Å². The monoisotopic (exact) mass is 321 g/mol. The lowest BCUT2D eigenvalue weighted by molar-refractivity contribution is -0.141. The zero-order valence-corrected chi connectivity index (χ0v) is 12.0. The molecule has 3 N–H and O–H groups in total. The number of rotatable bonds is 2. The van der Waals surface area contributed by atoms with Crippen LogP contribution in [-0.2, 0) is 12.6 Å². The summed E-state index contributed by atoms with van der Waals surface area (Å²) in [6, 6.07) is 8.97. The molecule has 120 valence electrons. The van der Waals surface area contributed by atoms with Gasteiger partial charge in [0.15, 0.2) is 5.69 Å². The number of aromatic nitrogens is 1. The molecule has 0 fully saturated rings. The number of fused-ring (bicyclic) bond motifs is 1. The number of halogens is 3. The lowest BCUT2D eigenvalue weighted by atomic mass is 10.1. The van der Waals surface area contributed by atoms with E-state index < -0.39 is 35.4 Å². The van der Waals surface area contributed by atoms with Gasteiger partial charge in [-0.05, 0) is 29.7 Å². The molecule has 2 atom stereocenters. The summed E-state index contributed by atoms with van der Waals surface area (Å²) in [5.41, 5.74) is 6.29. The Labute approximate surface area is 130 Å². The molecule has 1 aromatic heterocycles. The van der Waals surface area contributed by atoms with Gasteiger partial charge in [-0.1, -0.05) is 24.3 Å². The maximum Gasteiger partial charge on any atom is 0.434 e. The van der Waals surface area contributed by atoms with Crippen molar-refractivity contribution in [2.75, 3.05) is 0 Å². The molecule has 23 heavy (non-hydrogen) atoms. The number of nitrogens with two attached hydrogens (primary N) is 1. The molecule has 1 heterocycles. The Morgan fingerprint density at radius 2 is 1.96 bits per heavy atom. The molecule has 0 aliphatic heterocycles. The number of alkyl halides is 3. The highest BCUT2D eigenvalue weighted by atomic mass is 19.4. The van der Waals surface area contributed by atoms with Crippen molar-refractivity contribution in [1.82, 2.24) is 10.3 Å². The summed E-state index contributed by atoms with van der Waals surface area (Å²) in [5.74, 6) is -0.821. The largest absolute Gasteiger partial charge is 0.434 e. The van der Waals surface area contributed by atoms with Gasteiger partial charge >= 0.3 is 6.18 Å². The van der Waals surface area contributed by atoms with Gasteiger partial charge in [-0.15, -0.1) is 0 Å². The van der Waals surface area contributed by atoms with E-state index in [2.05, 4.69) is 10.3 Å². The first-order valence-electron chi connectivity index (χ1n) is 7.04. The standard InChI is InChI=1S/C16H14F3N3O/c17-16(18,19)14-11(6-3-7-21-14)15(23)22-12-8-9-4-1-2-5-10(9)13(12)20/h1-7,12-13H,8,20H2,(H,22,23)/t12-,13-/m1/s1. The third-order valence-corrected chi connectivity index (χ3v) is 3.92. The van der Waals surface area contributed by atoms with Crippen LogP contribution < -0.4 is 11.1 Å². The molecule has 2 aromatic rings. The van der Waals surface area contributed by atoms with E-state index in [9.17, 15) is 18.0 Å². The molecule has 0 saturated carbocycles. The van der Waals surface area contributed by atoms with E-state index in [1.807, 2.05) is 24.3 Å². The normalized spacial score (nSPS) is 20.2. The van der Waals surface area contributed by atoms with Crippen LogP contribution in [0.5, 0.6) is 0 Å². The van der Waals surface area contributed by atoms with Gasteiger partial charge in [-0.3, -0.25) is 9.78 Å². The minimum Gasteiger partial charge on any atom is -0.347 e. The highest BCUT2D eigenvalue weighted by Gasteiger charge is 2.38. The molecule has 1 aromatic carbocycles. The topological polar surface area (TPSA) is 68.0 Å². The second-order valence-electron chi connectivity index (χ2n) is 5.41. The number of carbonyl (C=O) groups is 1. The van der Waals surface area contributed by atoms with Crippen LogP contribution in [0.3, 0.4) is 0 Å². The Bertz CT molecular complexity index is 745. The Balaban J connectivity index is 1.82. The van der Waals surface area contributed by atoms with Crippen LogP contribution in [0.25, 0.3) is 0 Å². The lowest BCUT2D eigenvalue weighted by Gasteiger charge is -2.19. The predicted molar refractivity (Wildman–Crippen MR) is 77.6 cm³/mol. The van der Waals surface area contributed by atoms with Gasteiger partial charge in [0.1, 0.15) is 0 Å². The van der Waals surface area contributed by atoms with Crippen LogP contribution in [0, 0.1) is 0 Å². The van der Waals surface area contributed by atoms with Crippen LogP contribution in [-0.4, -0.2) is 16.9 Å². The van der Waals surface area contributed by atoms with Crippen molar-refractivity contribution in [1.29, 1.82) is 0 Å². The van der Waals surface area contributed by atoms with Crippen molar-refractivity contribution in [2.45, 2.75) is 24.7 Å². The number of pyridine rings is 1. The van der Waals surface area contributed by atoms with E-state index in [0.29, 0.717) is 6.42 Å². The summed E-state index contributed by atoms with van der Waals surface area (Å²) in [5, 5.41) is 2.60. The molecule has 1 aliphatic carbocycles. The fourth-order valence-electron chi connectivity index (χ4n) is 2.83. The van der Waals surface area contributed by atoms with E-state index in [1.165, 1.54) is 6.07 Å². The number of benzene rings is 1. The number of nitrogens with zero attached hydrogens (tertiary/aromatic N) is 1. The van der Waals surface area contributed by atoms with Gasteiger partial charge in [-0.2, -0.15) is 13.2 Å². The molecule has 0 saturated heterocycles. The van der Waals surface area contributed by atoms with Crippen molar-refractivity contribution in [2.24, 2.45) is 5.73 Å². The molecule has 0 unspecified atom stereocenters. The molecule has 1 amide bonds. The summed E-state index contributed by atoms with van der Waals surface area (Å²) in [7, 11) is 0. The molecule has 4 nitrogen and oxygen atoms in total. The molecular formula is C16H14F3N3O. The zero-order chi connectivity index (χ0) is 16.6. The highest BCUT2D eigenvalue weighted by molar-refractivity contribution is 5.95. The molecule has 7 heteroatoms. The SMILES string of the molecule is N[C@@H]1c2ccccc2C[C@H]1NC(=O)c1cccnc1C(F)(F)F. The van der Waals surface area contributed by atoms with Gasteiger partial charge in [0.05, 0.1) is 17.6 Å². The van der Waals surface area contributed by atoms with Crippen LogP contribution in [0.2, 0.25) is 0 Å².